The Hall–Kier alpha value is -1.49. The van der Waals surface area contributed by atoms with Crippen LogP contribution in [0.2, 0.25) is 0 Å². The van der Waals surface area contributed by atoms with Gasteiger partial charge in [0.05, 0.1) is 0 Å². The standard InChI is InChI=1S/C11H16N4O/c1-9-13-5-3-10(14-9)11(16)15-7-2-4-12-6-8-15/h3,5,12H,2,4,6-8H2,1H3. The van der Waals surface area contributed by atoms with Crippen LogP contribution in [0.25, 0.3) is 0 Å². The normalized spacial score (nSPS) is 16.9. The summed E-state index contributed by atoms with van der Waals surface area (Å²) in [7, 11) is 0. The third-order valence-corrected chi connectivity index (χ3v) is 2.62. The van der Waals surface area contributed by atoms with Gasteiger partial charge in [-0.05, 0) is 26.0 Å². The Kier molecular flexibility index (Phi) is 3.46. The van der Waals surface area contributed by atoms with Gasteiger partial charge in [0.25, 0.3) is 5.91 Å². The highest BCUT2D eigenvalue weighted by Crippen LogP contribution is 2.04. The second-order valence-corrected chi connectivity index (χ2v) is 3.88. The molecule has 1 aliphatic rings. The highest BCUT2D eigenvalue weighted by molar-refractivity contribution is 5.92. The lowest BCUT2D eigenvalue weighted by atomic mass is 10.3. The summed E-state index contributed by atoms with van der Waals surface area (Å²) in [5.74, 6) is 0.646. The summed E-state index contributed by atoms with van der Waals surface area (Å²) in [5, 5.41) is 3.27. The number of nitrogens with one attached hydrogen (secondary N) is 1. The van der Waals surface area contributed by atoms with Crippen molar-refractivity contribution in [1.82, 2.24) is 20.2 Å². The largest absolute Gasteiger partial charge is 0.336 e. The van der Waals surface area contributed by atoms with Gasteiger partial charge in [-0.2, -0.15) is 0 Å². The van der Waals surface area contributed by atoms with E-state index in [9.17, 15) is 4.79 Å². The van der Waals surface area contributed by atoms with Gasteiger partial charge < -0.3 is 10.2 Å². The van der Waals surface area contributed by atoms with Crippen LogP contribution >= 0.6 is 0 Å². The van der Waals surface area contributed by atoms with Crippen molar-refractivity contribution < 1.29 is 4.79 Å². The quantitative estimate of drug-likeness (QED) is 0.735. The number of hydrogen-bond acceptors (Lipinski definition) is 4. The summed E-state index contributed by atoms with van der Waals surface area (Å²) in [4.78, 5) is 22.1. The van der Waals surface area contributed by atoms with Gasteiger partial charge in [0.1, 0.15) is 11.5 Å². The Labute approximate surface area is 94.9 Å². The van der Waals surface area contributed by atoms with Gasteiger partial charge in [-0.25, -0.2) is 9.97 Å². The number of amides is 1. The summed E-state index contributed by atoms with van der Waals surface area (Å²) in [6.45, 7) is 5.18. The van der Waals surface area contributed by atoms with E-state index in [4.69, 9.17) is 0 Å². The molecule has 0 saturated carbocycles. The molecule has 0 aliphatic carbocycles. The van der Waals surface area contributed by atoms with Crippen LogP contribution < -0.4 is 5.32 Å². The summed E-state index contributed by atoms with van der Waals surface area (Å²) < 4.78 is 0. The smallest absolute Gasteiger partial charge is 0.272 e. The van der Waals surface area contributed by atoms with E-state index in [0.29, 0.717) is 11.5 Å². The zero-order valence-electron chi connectivity index (χ0n) is 9.44. The van der Waals surface area contributed by atoms with Crippen LogP contribution in [0.5, 0.6) is 0 Å². The van der Waals surface area contributed by atoms with Gasteiger partial charge in [-0.1, -0.05) is 0 Å². The molecule has 1 saturated heterocycles. The number of carbonyl (C=O) groups is 1. The van der Waals surface area contributed by atoms with E-state index < -0.39 is 0 Å². The van der Waals surface area contributed by atoms with Crippen LogP contribution in [0, 0.1) is 6.92 Å². The Bertz CT molecular complexity index is 372. The Morgan fingerprint density at radius 3 is 3.12 bits per heavy atom. The van der Waals surface area contributed by atoms with Gasteiger partial charge in [-0.15, -0.1) is 0 Å². The molecule has 0 spiro atoms. The molecule has 5 heteroatoms. The number of aromatic nitrogens is 2. The van der Waals surface area contributed by atoms with E-state index in [1.807, 2.05) is 4.90 Å². The molecule has 86 valence electrons. The number of hydrogen-bond donors (Lipinski definition) is 1. The average Bonchev–Trinajstić information content (AvgIpc) is 2.56. The monoisotopic (exact) mass is 220 g/mol. The molecule has 1 amide bonds. The summed E-state index contributed by atoms with van der Waals surface area (Å²) in [6.07, 6.45) is 2.63. The van der Waals surface area contributed by atoms with E-state index in [1.54, 1.807) is 19.2 Å². The first-order chi connectivity index (χ1) is 7.77. The molecule has 16 heavy (non-hydrogen) atoms. The van der Waals surface area contributed by atoms with Crippen molar-refractivity contribution in [2.45, 2.75) is 13.3 Å². The SMILES string of the molecule is Cc1nccc(C(=O)N2CCCNCC2)n1. The molecule has 2 rings (SSSR count). The lowest BCUT2D eigenvalue weighted by molar-refractivity contribution is 0.0760. The van der Waals surface area contributed by atoms with Crippen molar-refractivity contribution in [2.24, 2.45) is 0 Å². The fourth-order valence-corrected chi connectivity index (χ4v) is 1.79. The van der Waals surface area contributed by atoms with Crippen LogP contribution in [-0.4, -0.2) is 47.0 Å². The topological polar surface area (TPSA) is 58.1 Å². The van der Waals surface area contributed by atoms with Crippen LogP contribution in [0.4, 0.5) is 0 Å². The molecule has 5 nitrogen and oxygen atoms in total. The summed E-state index contributed by atoms with van der Waals surface area (Å²) in [6, 6.07) is 1.67. The minimum atomic E-state index is 0.00852. The molecule has 1 aliphatic heterocycles. The molecule has 2 heterocycles. The van der Waals surface area contributed by atoms with E-state index in [1.165, 1.54) is 0 Å². The maximum atomic E-state index is 12.1. The van der Waals surface area contributed by atoms with Crippen molar-refractivity contribution >= 4 is 5.91 Å². The molecule has 1 aromatic rings. The van der Waals surface area contributed by atoms with E-state index >= 15 is 0 Å². The summed E-state index contributed by atoms with van der Waals surface area (Å²) >= 11 is 0. The molecule has 1 N–H and O–H groups in total. The van der Waals surface area contributed by atoms with E-state index in [2.05, 4.69) is 15.3 Å². The highest BCUT2D eigenvalue weighted by Gasteiger charge is 2.18. The number of aryl methyl sites for hydroxylation is 1. The van der Waals surface area contributed by atoms with Crippen LogP contribution in [0.1, 0.15) is 22.7 Å². The molecule has 0 aromatic carbocycles. The average molecular weight is 220 g/mol. The Morgan fingerprint density at radius 2 is 2.31 bits per heavy atom. The van der Waals surface area contributed by atoms with E-state index in [-0.39, 0.29) is 5.91 Å². The first-order valence-electron chi connectivity index (χ1n) is 5.57. The maximum absolute atomic E-state index is 12.1. The molecule has 0 unspecified atom stereocenters. The zero-order chi connectivity index (χ0) is 11.4. The molecule has 0 bridgehead atoms. The fourth-order valence-electron chi connectivity index (χ4n) is 1.79. The predicted molar refractivity (Wildman–Crippen MR) is 60.2 cm³/mol. The maximum Gasteiger partial charge on any atom is 0.272 e. The van der Waals surface area contributed by atoms with Gasteiger partial charge in [0.2, 0.25) is 0 Å². The van der Waals surface area contributed by atoms with Crippen molar-refractivity contribution in [3.8, 4) is 0 Å². The van der Waals surface area contributed by atoms with Crippen LogP contribution in [0.15, 0.2) is 12.3 Å². The molecule has 0 atom stereocenters. The van der Waals surface area contributed by atoms with Gasteiger partial charge in [0.15, 0.2) is 0 Å². The molecule has 1 fully saturated rings. The first kappa shape index (κ1) is 11.0. The fraction of sp³-hybridized carbons (Fsp3) is 0.545. The second kappa shape index (κ2) is 5.03. The van der Waals surface area contributed by atoms with Crippen molar-refractivity contribution in [1.29, 1.82) is 0 Å². The van der Waals surface area contributed by atoms with Crippen LogP contribution in [0.3, 0.4) is 0 Å². The minimum absolute atomic E-state index is 0.00852. The van der Waals surface area contributed by atoms with Crippen molar-refractivity contribution in [3.63, 3.8) is 0 Å². The number of nitrogens with zero attached hydrogens (tertiary/aromatic N) is 3. The third-order valence-electron chi connectivity index (χ3n) is 2.62. The third kappa shape index (κ3) is 2.55. The Morgan fingerprint density at radius 1 is 1.44 bits per heavy atom. The number of rotatable bonds is 1. The zero-order valence-corrected chi connectivity index (χ0v) is 9.44. The summed E-state index contributed by atoms with van der Waals surface area (Å²) in [5.41, 5.74) is 0.495. The molecule has 1 aromatic heterocycles. The Balaban J connectivity index is 2.11. The molecule has 0 radical (unpaired) electrons. The lowest BCUT2D eigenvalue weighted by Crippen LogP contribution is -2.34. The van der Waals surface area contributed by atoms with E-state index in [0.717, 1.165) is 32.6 Å². The van der Waals surface area contributed by atoms with Gasteiger partial charge >= 0.3 is 0 Å². The second-order valence-electron chi connectivity index (χ2n) is 3.88. The van der Waals surface area contributed by atoms with Crippen molar-refractivity contribution in [3.05, 3.63) is 23.8 Å². The molecular weight excluding hydrogens is 204 g/mol. The first-order valence-corrected chi connectivity index (χ1v) is 5.57. The lowest BCUT2D eigenvalue weighted by Gasteiger charge is -2.19. The van der Waals surface area contributed by atoms with Crippen LogP contribution in [-0.2, 0) is 0 Å². The minimum Gasteiger partial charge on any atom is -0.336 e. The van der Waals surface area contributed by atoms with Gasteiger partial charge in [-0.3, -0.25) is 4.79 Å². The molecular formula is C11H16N4O. The van der Waals surface area contributed by atoms with Gasteiger partial charge in [0, 0.05) is 25.8 Å². The number of carbonyl (C=O) groups excluding carboxylic acids is 1. The predicted octanol–water partition coefficient (Wildman–Crippen LogP) is 0.221. The highest BCUT2D eigenvalue weighted by atomic mass is 16.2. The van der Waals surface area contributed by atoms with Crippen molar-refractivity contribution in [2.75, 3.05) is 26.2 Å².